The van der Waals surface area contributed by atoms with Crippen LogP contribution < -0.4 is 0 Å². The Balaban J connectivity index is 1.93. The average Bonchev–Trinajstić information content (AvgIpc) is 2.94. The lowest BCUT2D eigenvalue weighted by molar-refractivity contribution is -0.140. The lowest BCUT2D eigenvalue weighted by atomic mass is 10.2. The van der Waals surface area contributed by atoms with Crippen LogP contribution in [0.3, 0.4) is 0 Å². The molecule has 0 spiro atoms. The quantitative estimate of drug-likeness (QED) is 0.744. The molecule has 2 rings (SSSR count). The van der Waals surface area contributed by atoms with E-state index in [0.29, 0.717) is 19.5 Å². The lowest BCUT2D eigenvalue weighted by Crippen LogP contribution is -2.21. The van der Waals surface area contributed by atoms with Gasteiger partial charge in [0.1, 0.15) is 11.5 Å². The van der Waals surface area contributed by atoms with E-state index in [1.165, 1.54) is 7.11 Å². The van der Waals surface area contributed by atoms with Gasteiger partial charge >= 0.3 is 5.97 Å². The molecule has 0 aliphatic heterocycles. The lowest BCUT2D eigenvalue weighted by Gasteiger charge is -2.13. The molecule has 112 valence electrons. The molecule has 2 aromatic rings. The number of rotatable bonds is 6. The fourth-order valence-corrected chi connectivity index (χ4v) is 2.23. The van der Waals surface area contributed by atoms with Crippen molar-refractivity contribution >= 4 is 21.9 Å². The summed E-state index contributed by atoms with van der Waals surface area (Å²) in [5.41, 5.74) is 1.04. The Hall–Kier alpha value is -1.59. The molecule has 0 amide bonds. The van der Waals surface area contributed by atoms with E-state index in [9.17, 15) is 4.79 Å². The minimum atomic E-state index is -0.197. The number of esters is 1. The fourth-order valence-electron chi connectivity index (χ4n) is 1.96. The minimum absolute atomic E-state index is 0.197. The van der Waals surface area contributed by atoms with E-state index in [2.05, 4.69) is 20.7 Å². The fraction of sp³-hybridized carbons (Fsp3) is 0.312. The first-order chi connectivity index (χ1) is 10.1. The Morgan fingerprint density at radius 1 is 1.24 bits per heavy atom. The molecule has 1 aromatic carbocycles. The number of nitrogens with zero attached hydrogens (tertiary/aromatic N) is 1. The SMILES string of the molecule is COC(=O)CCN(C)Cc1ccc(-c2ccc(Br)cc2)o1. The summed E-state index contributed by atoms with van der Waals surface area (Å²) in [5.74, 6) is 1.52. The van der Waals surface area contributed by atoms with E-state index in [-0.39, 0.29) is 5.97 Å². The Morgan fingerprint density at radius 3 is 2.62 bits per heavy atom. The minimum Gasteiger partial charge on any atom is -0.469 e. The smallest absolute Gasteiger partial charge is 0.306 e. The third-order valence-corrected chi connectivity index (χ3v) is 3.67. The highest BCUT2D eigenvalue weighted by molar-refractivity contribution is 9.10. The first kappa shape index (κ1) is 15.8. The molecule has 4 nitrogen and oxygen atoms in total. The third kappa shape index (κ3) is 4.72. The van der Waals surface area contributed by atoms with E-state index in [0.717, 1.165) is 21.6 Å². The first-order valence-electron chi connectivity index (χ1n) is 6.68. The Labute approximate surface area is 132 Å². The highest BCUT2D eigenvalue weighted by atomic mass is 79.9. The largest absolute Gasteiger partial charge is 0.469 e. The van der Waals surface area contributed by atoms with Crippen molar-refractivity contribution in [3.8, 4) is 11.3 Å². The number of carbonyl (C=O) groups excluding carboxylic acids is 1. The standard InChI is InChI=1S/C16H18BrNO3/c1-18(10-9-16(19)20-2)11-14-7-8-15(21-14)12-3-5-13(17)6-4-12/h3-8H,9-11H2,1-2H3. The van der Waals surface area contributed by atoms with Gasteiger partial charge in [0, 0.05) is 16.6 Å². The Bertz CT molecular complexity index is 592. The van der Waals surface area contributed by atoms with Crippen molar-refractivity contribution in [2.75, 3.05) is 20.7 Å². The molecule has 0 radical (unpaired) electrons. The zero-order chi connectivity index (χ0) is 15.2. The number of hydrogen-bond donors (Lipinski definition) is 0. The summed E-state index contributed by atoms with van der Waals surface area (Å²) >= 11 is 3.42. The van der Waals surface area contributed by atoms with Gasteiger partial charge in [0.15, 0.2) is 0 Å². The van der Waals surface area contributed by atoms with Crippen molar-refractivity contribution in [3.63, 3.8) is 0 Å². The molecular weight excluding hydrogens is 334 g/mol. The highest BCUT2D eigenvalue weighted by Gasteiger charge is 2.09. The molecule has 0 N–H and O–H groups in total. The van der Waals surface area contributed by atoms with E-state index >= 15 is 0 Å². The molecule has 0 fully saturated rings. The molecule has 0 saturated heterocycles. The van der Waals surface area contributed by atoms with Gasteiger partial charge in [0.25, 0.3) is 0 Å². The second-order valence-corrected chi connectivity index (χ2v) is 5.75. The van der Waals surface area contributed by atoms with Crippen molar-refractivity contribution in [1.82, 2.24) is 4.90 Å². The van der Waals surface area contributed by atoms with Crippen LogP contribution in [-0.2, 0) is 16.1 Å². The van der Waals surface area contributed by atoms with E-state index in [1.54, 1.807) is 0 Å². The van der Waals surface area contributed by atoms with Crippen molar-refractivity contribution in [3.05, 3.63) is 46.6 Å². The van der Waals surface area contributed by atoms with Gasteiger partial charge in [-0.1, -0.05) is 28.1 Å². The summed E-state index contributed by atoms with van der Waals surface area (Å²) in [6, 6.07) is 11.9. The van der Waals surface area contributed by atoms with Crippen LogP contribution in [0.5, 0.6) is 0 Å². The van der Waals surface area contributed by atoms with Gasteiger partial charge in [-0.3, -0.25) is 9.69 Å². The maximum Gasteiger partial charge on any atom is 0.306 e. The van der Waals surface area contributed by atoms with E-state index < -0.39 is 0 Å². The number of hydrogen-bond acceptors (Lipinski definition) is 4. The molecular formula is C16H18BrNO3. The maximum atomic E-state index is 11.1. The van der Waals surface area contributed by atoms with Crippen LogP contribution in [0, 0.1) is 0 Å². The summed E-state index contributed by atoms with van der Waals surface area (Å²) in [7, 11) is 3.35. The predicted molar refractivity (Wildman–Crippen MR) is 84.8 cm³/mol. The zero-order valence-corrected chi connectivity index (χ0v) is 13.7. The summed E-state index contributed by atoms with van der Waals surface area (Å²) in [4.78, 5) is 13.1. The average molecular weight is 352 g/mol. The Morgan fingerprint density at radius 2 is 1.95 bits per heavy atom. The van der Waals surface area contributed by atoms with Gasteiger partial charge in [0.05, 0.1) is 20.1 Å². The summed E-state index contributed by atoms with van der Waals surface area (Å²) in [6.07, 6.45) is 0.382. The maximum absolute atomic E-state index is 11.1. The topological polar surface area (TPSA) is 42.7 Å². The molecule has 5 heteroatoms. The number of carbonyl (C=O) groups is 1. The predicted octanol–water partition coefficient (Wildman–Crippen LogP) is 3.70. The van der Waals surface area contributed by atoms with Crippen LogP contribution in [0.15, 0.2) is 45.3 Å². The van der Waals surface area contributed by atoms with E-state index in [4.69, 9.17) is 4.42 Å². The van der Waals surface area contributed by atoms with Crippen molar-refractivity contribution in [1.29, 1.82) is 0 Å². The molecule has 0 aliphatic carbocycles. The highest BCUT2D eigenvalue weighted by Crippen LogP contribution is 2.24. The first-order valence-corrected chi connectivity index (χ1v) is 7.48. The molecule has 0 atom stereocenters. The molecule has 0 saturated carbocycles. The van der Waals surface area contributed by atoms with Gasteiger partial charge < -0.3 is 9.15 Å². The van der Waals surface area contributed by atoms with Gasteiger partial charge in [0.2, 0.25) is 0 Å². The molecule has 0 aliphatic rings. The molecule has 0 unspecified atom stereocenters. The second-order valence-electron chi connectivity index (χ2n) is 4.84. The number of ether oxygens (including phenoxy) is 1. The molecule has 1 heterocycles. The van der Waals surface area contributed by atoms with Crippen molar-refractivity contribution in [2.24, 2.45) is 0 Å². The normalized spacial score (nSPS) is 10.9. The van der Waals surface area contributed by atoms with Gasteiger partial charge in [-0.25, -0.2) is 0 Å². The van der Waals surface area contributed by atoms with Crippen molar-refractivity contribution < 1.29 is 13.9 Å². The van der Waals surface area contributed by atoms with Crippen LogP contribution in [-0.4, -0.2) is 31.6 Å². The van der Waals surface area contributed by atoms with Crippen LogP contribution in [0.4, 0.5) is 0 Å². The monoisotopic (exact) mass is 351 g/mol. The van der Waals surface area contributed by atoms with Crippen LogP contribution >= 0.6 is 15.9 Å². The number of benzene rings is 1. The Kier molecular flexibility index (Phi) is 5.59. The summed E-state index contributed by atoms with van der Waals surface area (Å²) < 4.78 is 11.5. The molecule has 1 aromatic heterocycles. The molecule has 21 heavy (non-hydrogen) atoms. The van der Waals surface area contributed by atoms with Crippen LogP contribution in [0.2, 0.25) is 0 Å². The zero-order valence-electron chi connectivity index (χ0n) is 12.1. The second kappa shape index (κ2) is 7.43. The number of methoxy groups -OCH3 is 1. The van der Waals surface area contributed by atoms with Gasteiger partial charge in [-0.15, -0.1) is 0 Å². The van der Waals surface area contributed by atoms with Crippen LogP contribution in [0.25, 0.3) is 11.3 Å². The molecule has 0 bridgehead atoms. The third-order valence-electron chi connectivity index (χ3n) is 3.14. The summed E-state index contributed by atoms with van der Waals surface area (Å²) in [6.45, 7) is 1.30. The van der Waals surface area contributed by atoms with Gasteiger partial charge in [-0.05, 0) is 31.3 Å². The van der Waals surface area contributed by atoms with Crippen molar-refractivity contribution in [2.45, 2.75) is 13.0 Å². The number of halogens is 1. The van der Waals surface area contributed by atoms with Gasteiger partial charge in [-0.2, -0.15) is 0 Å². The van der Waals surface area contributed by atoms with Crippen LogP contribution in [0.1, 0.15) is 12.2 Å². The number of furan rings is 1. The van der Waals surface area contributed by atoms with E-state index in [1.807, 2.05) is 48.3 Å². The summed E-state index contributed by atoms with van der Waals surface area (Å²) in [5, 5.41) is 0.